The molecule has 0 saturated carbocycles. The van der Waals surface area contributed by atoms with E-state index in [0.717, 1.165) is 11.1 Å². The Bertz CT molecular complexity index is 734. The quantitative estimate of drug-likeness (QED) is 0.802. The van der Waals surface area contributed by atoms with Crippen molar-refractivity contribution in [2.24, 2.45) is 0 Å². The number of carbonyl (C=O) groups is 1. The van der Waals surface area contributed by atoms with Crippen LogP contribution in [0.25, 0.3) is 5.57 Å². The van der Waals surface area contributed by atoms with E-state index in [1.807, 2.05) is 13.8 Å². The fourth-order valence-corrected chi connectivity index (χ4v) is 2.08. The lowest BCUT2D eigenvalue weighted by molar-refractivity contribution is -0.112. The molecule has 2 rings (SSSR count). The predicted octanol–water partition coefficient (Wildman–Crippen LogP) is 4.89. The number of alkyl halides is 3. The molecule has 2 aromatic carbocycles. The maximum Gasteiger partial charge on any atom is 0.417 e. The minimum absolute atomic E-state index is 0.0461. The van der Waals surface area contributed by atoms with Crippen LogP contribution in [0.4, 0.5) is 18.9 Å². The van der Waals surface area contributed by atoms with Crippen LogP contribution in [0.5, 0.6) is 0 Å². The first kappa shape index (κ1) is 16.8. The number of aryl methyl sites for hydroxylation is 2. The summed E-state index contributed by atoms with van der Waals surface area (Å²) in [4.78, 5) is 12.0. The number of hydrogen-bond donors (Lipinski definition) is 1. The van der Waals surface area contributed by atoms with Crippen molar-refractivity contribution in [2.45, 2.75) is 20.0 Å². The van der Waals surface area contributed by atoms with Gasteiger partial charge in [0, 0.05) is 11.8 Å². The van der Waals surface area contributed by atoms with E-state index < -0.39 is 17.7 Å². The number of benzene rings is 2. The first-order valence-electron chi connectivity index (χ1n) is 7.00. The van der Waals surface area contributed by atoms with Gasteiger partial charge in [-0.15, -0.1) is 0 Å². The molecule has 2 nitrogen and oxygen atoms in total. The van der Waals surface area contributed by atoms with Gasteiger partial charge in [-0.25, -0.2) is 0 Å². The van der Waals surface area contributed by atoms with Crippen molar-refractivity contribution < 1.29 is 18.0 Å². The van der Waals surface area contributed by atoms with Gasteiger partial charge in [0.05, 0.1) is 5.57 Å². The highest BCUT2D eigenvalue weighted by molar-refractivity contribution is 6.04. The van der Waals surface area contributed by atoms with Gasteiger partial charge in [-0.2, -0.15) is 13.2 Å². The highest BCUT2D eigenvalue weighted by atomic mass is 19.4. The third-order valence-corrected chi connectivity index (χ3v) is 3.44. The smallest absolute Gasteiger partial charge is 0.322 e. The highest BCUT2D eigenvalue weighted by Gasteiger charge is 2.35. The Morgan fingerprint density at radius 1 is 1.00 bits per heavy atom. The fourth-order valence-electron chi connectivity index (χ4n) is 2.08. The van der Waals surface area contributed by atoms with Gasteiger partial charge in [-0.1, -0.05) is 36.4 Å². The molecule has 120 valence electrons. The molecule has 5 heteroatoms. The number of rotatable bonds is 3. The van der Waals surface area contributed by atoms with Gasteiger partial charge in [0.25, 0.3) is 0 Å². The SMILES string of the molecule is Cc1ccc(NC(=O)/C=C(/c2ccccc2)C(F)(F)F)cc1C. The molecule has 0 bridgehead atoms. The summed E-state index contributed by atoms with van der Waals surface area (Å²) in [6.07, 6.45) is -4.02. The van der Waals surface area contributed by atoms with Gasteiger partial charge < -0.3 is 5.32 Å². The monoisotopic (exact) mass is 319 g/mol. The van der Waals surface area contributed by atoms with E-state index in [2.05, 4.69) is 5.32 Å². The molecule has 0 radical (unpaired) electrons. The number of amides is 1. The predicted molar refractivity (Wildman–Crippen MR) is 85.0 cm³/mol. The van der Waals surface area contributed by atoms with Crippen LogP contribution in [0, 0.1) is 13.8 Å². The summed E-state index contributed by atoms with van der Waals surface area (Å²) in [5.41, 5.74) is 1.43. The molecule has 2 aromatic rings. The topological polar surface area (TPSA) is 29.1 Å². The summed E-state index contributed by atoms with van der Waals surface area (Å²) < 4.78 is 39.5. The third kappa shape index (κ3) is 4.45. The second kappa shape index (κ2) is 6.69. The van der Waals surface area contributed by atoms with Crippen LogP contribution in [0.15, 0.2) is 54.6 Å². The van der Waals surface area contributed by atoms with E-state index in [1.165, 1.54) is 24.3 Å². The molecule has 0 aliphatic heterocycles. The van der Waals surface area contributed by atoms with Crippen molar-refractivity contribution in [3.8, 4) is 0 Å². The van der Waals surface area contributed by atoms with Gasteiger partial charge >= 0.3 is 6.18 Å². The van der Waals surface area contributed by atoms with E-state index in [4.69, 9.17) is 0 Å². The molecule has 23 heavy (non-hydrogen) atoms. The van der Waals surface area contributed by atoms with Gasteiger partial charge in [-0.05, 0) is 42.7 Å². The molecule has 0 atom stereocenters. The van der Waals surface area contributed by atoms with E-state index in [9.17, 15) is 18.0 Å². The fraction of sp³-hybridized carbons (Fsp3) is 0.167. The van der Waals surface area contributed by atoms with Crippen LogP contribution in [0.2, 0.25) is 0 Å². The minimum atomic E-state index is -4.61. The number of allylic oxidation sites excluding steroid dienone is 1. The maximum absolute atomic E-state index is 13.2. The van der Waals surface area contributed by atoms with Crippen LogP contribution in [0.1, 0.15) is 16.7 Å². The van der Waals surface area contributed by atoms with Gasteiger partial charge in [0.2, 0.25) is 5.91 Å². The van der Waals surface area contributed by atoms with Crippen molar-refractivity contribution in [1.29, 1.82) is 0 Å². The molecule has 0 unspecified atom stereocenters. The summed E-state index contributed by atoms with van der Waals surface area (Å²) in [5.74, 6) is -0.815. The Labute approximate surface area is 132 Å². The second-order valence-electron chi connectivity index (χ2n) is 5.21. The van der Waals surface area contributed by atoms with Crippen LogP contribution in [-0.4, -0.2) is 12.1 Å². The Morgan fingerprint density at radius 2 is 1.65 bits per heavy atom. The molecule has 0 saturated heterocycles. The molecule has 0 fully saturated rings. The number of hydrogen-bond acceptors (Lipinski definition) is 1. The van der Waals surface area contributed by atoms with E-state index in [0.29, 0.717) is 11.8 Å². The minimum Gasteiger partial charge on any atom is -0.322 e. The van der Waals surface area contributed by atoms with Crippen molar-refractivity contribution in [3.05, 3.63) is 71.3 Å². The molecule has 0 aromatic heterocycles. The molecule has 0 aliphatic rings. The zero-order valence-electron chi connectivity index (χ0n) is 12.7. The summed E-state index contributed by atoms with van der Waals surface area (Å²) in [6, 6.07) is 12.4. The van der Waals surface area contributed by atoms with Crippen molar-refractivity contribution in [2.75, 3.05) is 5.32 Å². The Balaban J connectivity index is 2.28. The molecule has 0 aliphatic carbocycles. The number of nitrogens with one attached hydrogen (secondary N) is 1. The van der Waals surface area contributed by atoms with Crippen LogP contribution < -0.4 is 5.32 Å². The number of carbonyl (C=O) groups excluding carboxylic acids is 1. The standard InChI is InChI=1S/C18H16F3NO/c1-12-8-9-15(10-13(12)2)22-17(23)11-16(18(19,20)21)14-6-4-3-5-7-14/h3-11H,1-2H3,(H,22,23)/b16-11-. The maximum atomic E-state index is 13.2. The van der Waals surface area contributed by atoms with E-state index in [-0.39, 0.29) is 5.56 Å². The summed E-state index contributed by atoms with van der Waals surface area (Å²) in [7, 11) is 0. The van der Waals surface area contributed by atoms with Crippen molar-refractivity contribution >= 4 is 17.2 Å². The Hall–Kier alpha value is -2.56. The molecular formula is C18H16F3NO. The lowest BCUT2D eigenvalue weighted by atomic mass is 10.0. The lowest BCUT2D eigenvalue weighted by Crippen LogP contribution is -2.16. The average Bonchev–Trinajstić information content (AvgIpc) is 2.48. The molecule has 1 N–H and O–H groups in total. The van der Waals surface area contributed by atoms with Crippen LogP contribution in [0.3, 0.4) is 0 Å². The number of halogens is 3. The van der Waals surface area contributed by atoms with Crippen LogP contribution >= 0.6 is 0 Å². The summed E-state index contributed by atoms with van der Waals surface area (Å²) >= 11 is 0. The average molecular weight is 319 g/mol. The zero-order chi connectivity index (χ0) is 17.0. The normalized spacial score (nSPS) is 12.1. The van der Waals surface area contributed by atoms with Crippen molar-refractivity contribution in [1.82, 2.24) is 0 Å². The summed E-state index contributed by atoms with van der Waals surface area (Å²) in [6.45, 7) is 3.78. The first-order valence-corrected chi connectivity index (χ1v) is 7.00. The highest BCUT2D eigenvalue weighted by Crippen LogP contribution is 2.33. The lowest BCUT2D eigenvalue weighted by Gasteiger charge is -2.12. The van der Waals surface area contributed by atoms with Crippen LogP contribution in [-0.2, 0) is 4.79 Å². The van der Waals surface area contributed by atoms with Gasteiger partial charge in [0.1, 0.15) is 0 Å². The Kier molecular flexibility index (Phi) is 4.89. The molecule has 0 spiro atoms. The van der Waals surface area contributed by atoms with E-state index in [1.54, 1.807) is 24.3 Å². The number of anilines is 1. The zero-order valence-corrected chi connectivity index (χ0v) is 12.7. The molecule has 0 heterocycles. The van der Waals surface area contributed by atoms with Gasteiger partial charge in [-0.3, -0.25) is 4.79 Å². The first-order chi connectivity index (χ1) is 10.8. The summed E-state index contributed by atoms with van der Waals surface area (Å²) in [5, 5.41) is 2.47. The Morgan fingerprint density at radius 3 is 2.22 bits per heavy atom. The van der Waals surface area contributed by atoms with Crippen molar-refractivity contribution in [3.63, 3.8) is 0 Å². The van der Waals surface area contributed by atoms with E-state index >= 15 is 0 Å². The largest absolute Gasteiger partial charge is 0.417 e. The third-order valence-electron chi connectivity index (χ3n) is 3.44. The molecule has 1 amide bonds. The molecular weight excluding hydrogens is 303 g/mol. The van der Waals surface area contributed by atoms with Gasteiger partial charge in [0.15, 0.2) is 0 Å². The second-order valence-corrected chi connectivity index (χ2v) is 5.21.